The van der Waals surface area contributed by atoms with Gasteiger partial charge in [0.25, 0.3) is 0 Å². The van der Waals surface area contributed by atoms with E-state index in [9.17, 15) is 0 Å². The molecular weight excluding hydrogens is 166 g/mol. The molecule has 0 aliphatic carbocycles. The summed E-state index contributed by atoms with van der Waals surface area (Å²) >= 11 is 4.35. The van der Waals surface area contributed by atoms with Crippen molar-refractivity contribution in [3.8, 4) is 0 Å². The Hall–Kier alpha value is -0.630. The van der Waals surface area contributed by atoms with Crippen LogP contribution in [-0.4, -0.2) is 6.54 Å². The van der Waals surface area contributed by atoms with E-state index in [0.29, 0.717) is 5.25 Å². The molecule has 0 spiro atoms. The van der Waals surface area contributed by atoms with Crippen LogP contribution in [0.2, 0.25) is 0 Å². The van der Waals surface area contributed by atoms with Gasteiger partial charge in [-0.2, -0.15) is 12.6 Å². The van der Waals surface area contributed by atoms with E-state index in [1.165, 1.54) is 11.3 Å². The Morgan fingerprint density at radius 3 is 2.33 bits per heavy atom. The van der Waals surface area contributed by atoms with E-state index in [1.807, 2.05) is 0 Å². The van der Waals surface area contributed by atoms with Gasteiger partial charge in [0.1, 0.15) is 0 Å². The van der Waals surface area contributed by atoms with Crippen LogP contribution in [0.15, 0.2) is 24.3 Å². The molecule has 0 aliphatic heterocycles. The smallest absolute Gasteiger partial charge is 0.0340 e. The first-order chi connectivity index (χ1) is 5.74. The second kappa shape index (κ2) is 4.41. The van der Waals surface area contributed by atoms with Gasteiger partial charge in [0.2, 0.25) is 0 Å². The molecule has 0 radical (unpaired) electrons. The highest BCUT2D eigenvalue weighted by molar-refractivity contribution is 7.80. The minimum Gasteiger partial charge on any atom is -0.385 e. The van der Waals surface area contributed by atoms with Crippen LogP contribution < -0.4 is 5.32 Å². The first kappa shape index (κ1) is 9.46. The second-order valence-electron chi connectivity index (χ2n) is 2.83. The molecule has 12 heavy (non-hydrogen) atoms. The van der Waals surface area contributed by atoms with Crippen LogP contribution in [0, 0.1) is 0 Å². The summed E-state index contributed by atoms with van der Waals surface area (Å²) in [6, 6.07) is 8.39. The molecule has 0 aromatic heterocycles. The van der Waals surface area contributed by atoms with Gasteiger partial charge in [-0.25, -0.2) is 0 Å². The maximum atomic E-state index is 4.35. The SMILES string of the molecule is CCNc1ccc(C(C)S)cc1. The molecule has 1 N–H and O–H groups in total. The standard InChI is InChI=1S/C10H15NS/c1-3-11-10-6-4-9(5-7-10)8(2)12/h4-8,11-12H,3H2,1-2H3. The number of benzene rings is 1. The Balaban J connectivity index is 2.71. The molecule has 2 heteroatoms. The molecule has 1 aromatic rings. The molecule has 0 saturated carbocycles. The van der Waals surface area contributed by atoms with Crippen molar-refractivity contribution in [1.29, 1.82) is 0 Å². The number of anilines is 1. The third kappa shape index (κ3) is 2.45. The van der Waals surface area contributed by atoms with Crippen molar-refractivity contribution in [3.05, 3.63) is 29.8 Å². The Morgan fingerprint density at radius 2 is 1.92 bits per heavy atom. The number of hydrogen-bond donors (Lipinski definition) is 2. The first-order valence-corrected chi connectivity index (χ1v) is 4.77. The van der Waals surface area contributed by atoms with Crippen LogP contribution in [0.5, 0.6) is 0 Å². The van der Waals surface area contributed by atoms with Crippen LogP contribution >= 0.6 is 12.6 Å². The topological polar surface area (TPSA) is 12.0 Å². The van der Waals surface area contributed by atoms with Crippen molar-refractivity contribution in [2.75, 3.05) is 11.9 Å². The fourth-order valence-electron chi connectivity index (χ4n) is 1.08. The quantitative estimate of drug-likeness (QED) is 0.683. The van der Waals surface area contributed by atoms with E-state index >= 15 is 0 Å². The zero-order chi connectivity index (χ0) is 8.97. The summed E-state index contributed by atoms with van der Waals surface area (Å²) in [4.78, 5) is 0. The van der Waals surface area contributed by atoms with Gasteiger partial charge in [-0.3, -0.25) is 0 Å². The molecule has 0 amide bonds. The van der Waals surface area contributed by atoms with Crippen molar-refractivity contribution >= 4 is 18.3 Å². The molecule has 0 fully saturated rings. The molecule has 1 aromatic carbocycles. The van der Waals surface area contributed by atoms with E-state index in [1.54, 1.807) is 0 Å². The number of thiol groups is 1. The van der Waals surface area contributed by atoms with Crippen molar-refractivity contribution in [2.24, 2.45) is 0 Å². The van der Waals surface area contributed by atoms with Gasteiger partial charge in [-0.1, -0.05) is 12.1 Å². The van der Waals surface area contributed by atoms with Crippen LogP contribution in [0.3, 0.4) is 0 Å². The summed E-state index contributed by atoms with van der Waals surface area (Å²) in [5, 5.41) is 3.57. The van der Waals surface area contributed by atoms with Crippen molar-refractivity contribution in [3.63, 3.8) is 0 Å². The highest BCUT2D eigenvalue weighted by Gasteiger charge is 1.97. The van der Waals surface area contributed by atoms with Gasteiger partial charge in [0, 0.05) is 17.5 Å². The van der Waals surface area contributed by atoms with Crippen LogP contribution in [0.4, 0.5) is 5.69 Å². The maximum absolute atomic E-state index is 4.35. The van der Waals surface area contributed by atoms with Gasteiger partial charge in [0.15, 0.2) is 0 Å². The minimum atomic E-state index is 0.320. The Kier molecular flexibility index (Phi) is 3.48. The van der Waals surface area contributed by atoms with Crippen molar-refractivity contribution < 1.29 is 0 Å². The molecule has 1 nitrogen and oxygen atoms in total. The lowest BCUT2D eigenvalue weighted by atomic mass is 10.1. The van der Waals surface area contributed by atoms with E-state index in [2.05, 4.69) is 56.1 Å². The summed E-state index contributed by atoms with van der Waals surface area (Å²) in [6.07, 6.45) is 0. The third-order valence-corrected chi connectivity index (χ3v) is 2.07. The molecule has 0 saturated heterocycles. The van der Waals surface area contributed by atoms with Gasteiger partial charge in [-0.15, -0.1) is 0 Å². The lowest BCUT2D eigenvalue weighted by molar-refractivity contribution is 1.11. The average molecular weight is 181 g/mol. The lowest BCUT2D eigenvalue weighted by Gasteiger charge is -2.06. The molecule has 1 atom stereocenters. The van der Waals surface area contributed by atoms with Crippen molar-refractivity contribution in [1.82, 2.24) is 0 Å². The van der Waals surface area contributed by atoms with Gasteiger partial charge in [-0.05, 0) is 31.5 Å². The van der Waals surface area contributed by atoms with E-state index in [0.717, 1.165) is 6.54 Å². The zero-order valence-corrected chi connectivity index (χ0v) is 8.44. The highest BCUT2D eigenvalue weighted by atomic mass is 32.1. The monoisotopic (exact) mass is 181 g/mol. The molecule has 0 heterocycles. The maximum Gasteiger partial charge on any atom is 0.0340 e. The predicted octanol–water partition coefficient (Wildman–Crippen LogP) is 3.11. The minimum absolute atomic E-state index is 0.320. The molecular formula is C10H15NS. The summed E-state index contributed by atoms with van der Waals surface area (Å²) in [7, 11) is 0. The molecule has 1 unspecified atom stereocenters. The van der Waals surface area contributed by atoms with Crippen LogP contribution in [0.1, 0.15) is 24.7 Å². The fraction of sp³-hybridized carbons (Fsp3) is 0.400. The van der Waals surface area contributed by atoms with E-state index in [-0.39, 0.29) is 0 Å². The number of rotatable bonds is 3. The molecule has 0 aliphatic rings. The normalized spacial score (nSPS) is 12.6. The molecule has 66 valence electrons. The van der Waals surface area contributed by atoms with Crippen LogP contribution in [-0.2, 0) is 0 Å². The van der Waals surface area contributed by atoms with Crippen molar-refractivity contribution in [2.45, 2.75) is 19.1 Å². The Morgan fingerprint density at radius 1 is 1.33 bits per heavy atom. The van der Waals surface area contributed by atoms with Gasteiger partial charge < -0.3 is 5.32 Å². The molecule has 0 bridgehead atoms. The summed E-state index contributed by atoms with van der Waals surface area (Å²) in [6.45, 7) is 5.14. The lowest BCUT2D eigenvalue weighted by Crippen LogP contribution is -1.96. The summed E-state index contributed by atoms with van der Waals surface area (Å²) in [5.74, 6) is 0. The number of hydrogen-bond acceptors (Lipinski definition) is 2. The highest BCUT2D eigenvalue weighted by Crippen LogP contribution is 2.20. The van der Waals surface area contributed by atoms with Gasteiger partial charge >= 0.3 is 0 Å². The fourth-order valence-corrected chi connectivity index (χ4v) is 1.26. The first-order valence-electron chi connectivity index (χ1n) is 4.26. The van der Waals surface area contributed by atoms with E-state index < -0.39 is 0 Å². The van der Waals surface area contributed by atoms with Crippen LogP contribution in [0.25, 0.3) is 0 Å². The van der Waals surface area contributed by atoms with Gasteiger partial charge in [0.05, 0.1) is 0 Å². The Labute approximate surface area is 79.6 Å². The average Bonchev–Trinajstić information content (AvgIpc) is 2.06. The van der Waals surface area contributed by atoms with E-state index in [4.69, 9.17) is 0 Å². The largest absolute Gasteiger partial charge is 0.385 e. The third-order valence-electron chi connectivity index (χ3n) is 1.77. The summed E-state index contributed by atoms with van der Waals surface area (Å²) < 4.78 is 0. The molecule has 1 rings (SSSR count). The summed E-state index contributed by atoms with van der Waals surface area (Å²) in [5.41, 5.74) is 2.44. The second-order valence-corrected chi connectivity index (χ2v) is 3.60. The predicted molar refractivity (Wildman–Crippen MR) is 58.0 cm³/mol. The Bertz CT molecular complexity index is 228. The number of nitrogens with one attached hydrogen (secondary N) is 1. The zero-order valence-electron chi connectivity index (χ0n) is 7.54.